The zero-order valence-electron chi connectivity index (χ0n) is 11.2. The molecule has 0 unspecified atom stereocenters. The smallest absolute Gasteiger partial charge is 0.433 e. The average Bonchev–Trinajstić information content (AvgIpc) is 2.40. The number of nitrogens with zero attached hydrogens (tertiary/aromatic N) is 2. The predicted molar refractivity (Wildman–Crippen MR) is 67.6 cm³/mol. The van der Waals surface area contributed by atoms with Gasteiger partial charge < -0.3 is 25.7 Å². The molecule has 4 N–H and O–H groups in total. The highest BCUT2D eigenvalue weighted by Crippen LogP contribution is 2.29. The molecular weight excluding hydrogens is 293 g/mol. The van der Waals surface area contributed by atoms with Gasteiger partial charge in [-0.1, -0.05) is 0 Å². The van der Waals surface area contributed by atoms with Crippen molar-refractivity contribution in [1.29, 1.82) is 0 Å². The van der Waals surface area contributed by atoms with Crippen LogP contribution in [-0.2, 0) is 15.7 Å². The van der Waals surface area contributed by atoms with Crippen molar-refractivity contribution in [2.75, 3.05) is 45.3 Å². The van der Waals surface area contributed by atoms with Crippen LogP contribution in [0.4, 0.5) is 19.1 Å². The Morgan fingerprint density at radius 2 is 1.62 bits per heavy atom. The average molecular weight is 310 g/mol. The summed E-state index contributed by atoms with van der Waals surface area (Å²) in [4.78, 5) is 6.65. The van der Waals surface area contributed by atoms with Crippen LogP contribution < -0.4 is 16.2 Å². The van der Waals surface area contributed by atoms with Crippen molar-refractivity contribution >= 4 is 5.95 Å². The molecule has 1 aromatic heterocycles. The summed E-state index contributed by atoms with van der Waals surface area (Å²) in [6, 6.07) is 0.681. The molecule has 0 saturated heterocycles. The maximum absolute atomic E-state index is 12.5. The molecule has 10 heteroatoms. The molecule has 0 fully saturated rings. The first-order valence-corrected chi connectivity index (χ1v) is 6.13. The number of anilines is 1. The highest BCUT2D eigenvalue weighted by atomic mass is 19.4. The Hall–Kier alpha value is -1.65. The molecule has 1 rings (SSSR count). The molecule has 1 aromatic rings. The molecule has 0 bridgehead atoms. The Morgan fingerprint density at radius 3 is 2.24 bits per heavy atom. The van der Waals surface area contributed by atoms with Gasteiger partial charge in [-0.15, -0.1) is 0 Å². The molecule has 21 heavy (non-hydrogen) atoms. The topological polar surface area (TPSA) is 106 Å². The third-order valence-corrected chi connectivity index (χ3v) is 2.12. The fraction of sp³-hybridized carbons (Fsp3) is 0.636. The maximum Gasteiger partial charge on any atom is 0.433 e. The summed E-state index contributed by atoms with van der Waals surface area (Å²) in [5.74, 6) is -0.756. The summed E-state index contributed by atoms with van der Waals surface area (Å²) < 4.78 is 52.7. The molecule has 0 spiro atoms. The van der Waals surface area contributed by atoms with E-state index in [0.29, 0.717) is 32.4 Å². The van der Waals surface area contributed by atoms with E-state index in [2.05, 4.69) is 9.97 Å². The summed E-state index contributed by atoms with van der Waals surface area (Å²) in [5.41, 5.74) is 9.26. The highest BCUT2D eigenvalue weighted by Gasteiger charge is 2.33. The molecule has 1 heterocycles. The molecule has 0 amide bonds. The number of nitrogens with two attached hydrogens (primary N) is 2. The minimum atomic E-state index is -4.61. The minimum absolute atomic E-state index is 0.0324. The van der Waals surface area contributed by atoms with Crippen molar-refractivity contribution < 1.29 is 27.4 Å². The van der Waals surface area contributed by atoms with Crippen LogP contribution in [-0.4, -0.2) is 49.5 Å². The van der Waals surface area contributed by atoms with Crippen molar-refractivity contribution in [2.24, 2.45) is 5.73 Å². The second-order valence-corrected chi connectivity index (χ2v) is 3.81. The lowest BCUT2D eigenvalue weighted by Gasteiger charge is -2.10. The van der Waals surface area contributed by atoms with Crippen molar-refractivity contribution in [2.45, 2.75) is 6.18 Å². The van der Waals surface area contributed by atoms with Gasteiger partial charge in [-0.05, 0) is 0 Å². The number of nitrogen functional groups attached to an aromatic ring is 1. The zero-order valence-corrected chi connectivity index (χ0v) is 11.2. The minimum Gasteiger partial charge on any atom is -0.475 e. The monoisotopic (exact) mass is 310 g/mol. The van der Waals surface area contributed by atoms with Gasteiger partial charge in [-0.2, -0.15) is 18.2 Å². The molecule has 0 aromatic carbocycles. The first kappa shape index (κ1) is 17.4. The van der Waals surface area contributed by atoms with Crippen LogP contribution in [0.25, 0.3) is 0 Å². The molecule has 0 aliphatic rings. The molecule has 0 aliphatic carbocycles. The van der Waals surface area contributed by atoms with E-state index in [9.17, 15) is 13.2 Å². The van der Waals surface area contributed by atoms with E-state index in [4.69, 9.17) is 25.7 Å². The lowest BCUT2D eigenvalue weighted by Crippen LogP contribution is -2.15. The lowest BCUT2D eigenvalue weighted by molar-refractivity contribution is -0.141. The Labute approximate surface area is 119 Å². The molecule has 0 radical (unpaired) electrons. The van der Waals surface area contributed by atoms with Crippen molar-refractivity contribution in [3.05, 3.63) is 11.8 Å². The number of alkyl halides is 3. The summed E-state index contributed by atoms with van der Waals surface area (Å²) in [6.07, 6.45) is -4.61. The molecule has 0 saturated carbocycles. The molecule has 0 atom stereocenters. The van der Waals surface area contributed by atoms with E-state index >= 15 is 0 Å². The van der Waals surface area contributed by atoms with E-state index < -0.39 is 17.8 Å². The number of halogens is 3. The van der Waals surface area contributed by atoms with Crippen LogP contribution in [0.15, 0.2) is 6.07 Å². The van der Waals surface area contributed by atoms with Crippen LogP contribution in [0, 0.1) is 0 Å². The predicted octanol–water partition coefficient (Wildman–Crippen LogP) is 0.448. The fourth-order valence-electron chi connectivity index (χ4n) is 1.27. The van der Waals surface area contributed by atoms with Gasteiger partial charge in [0.15, 0.2) is 5.69 Å². The summed E-state index contributed by atoms with van der Waals surface area (Å²) in [5, 5.41) is 0. The second kappa shape index (κ2) is 8.60. The Balaban J connectivity index is 2.31. The van der Waals surface area contributed by atoms with Crippen LogP contribution in [0.3, 0.4) is 0 Å². The van der Waals surface area contributed by atoms with E-state index in [1.807, 2.05) is 0 Å². The van der Waals surface area contributed by atoms with Gasteiger partial charge in [0.2, 0.25) is 11.8 Å². The van der Waals surface area contributed by atoms with Gasteiger partial charge in [-0.3, -0.25) is 0 Å². The van der Waals surface area contributed by atoms with Crippen molar-refractivity contribution in [1.82, 2.24) is 9.97 Å². The second-order valence-electron chi connectivity index (χ2n) is 3.81. The Kier molecular flexibility index (Phi) is 7.12. The van der Waals surface area contributed by atoms with E-state index in [1.165, 1.54) is 0 Å². The first-order chi connectivity index (χ1) is 9.93. The first-order valence-electron chi connectivity index (χ1n) is 6.13. The van der Waals surface area contributed by atoms with Gasteiger partial charge in [0.05, 0.1) is 26.4 Å². The molecule has 120 valence electrons. The SMILES string of the molecule is NCCOCCOCCOc1cc(C(F)(F)F)nc(N)n1. The number of ether oxygens (including phenoxy) is 3. The van der Waals surface area contributed by atoms with Gasteiger partial charge in [0.1, 0.15) is 6.61 Å². The maximum atomic E-state index is 12.5. The zero-order chi connectivity index (χ0) is 15.7. The summed E-state index contributed by atoms with van der Waals surface area (Å²) in [6.45, 7) is 1.81. The standard InChI is InChI=1S/C11H17F3N4O3/c12-11(13,14)8-7-9(18-10(16)17-8)21-6-5-20-4-3-19-2-1-15/h7H,1-6,15H2,(H2,16,17,18). The number of rotatable bonds is 9. The van der Waals surface area contributed by atoms with Crippen LogP contribution in [0.2, 0.25) is 0 Å². The molecule has 7 nitrogen and oxygen atoms in total. The number of aromatic nitrogens is 2. The van der Waals surface area contributed by atoms with Gasteiger partial charge in [0, 0.05) is 12.6 Å². The summed E-state index contributed by atoms with van der Waals surface area (Å²) >= 11 is 0. The summed E-state index contributed by atoms with van der Waals surface area (Å²) in [7, 11) is 0. The number of hydrogen-bond donors (Lipinski definition) is 2. The van der Waals surface area contributed by atoms with E-state index in [1.54, 1.807) is 0 Å². The third kappa shape index (κ3) is 7.06. The van der Waals surface area contributed by atoms with E-state index in [0.717, 1.165) is 0 Å². The van der Waals surface area contributed by atoms with Crippen LogP contribution in [0.5, 0.6) is 5.88 Å². The number of hydrogen-bond acceptors (Lipinski definition) is 7. The fourth-order valence-corrected chi connectivity index (χ4v) is 1.27. The molecule has 0 aliphatic heterocycles. The van der Waals surface area contributed by atoms with Gasteiger partial charge in [0.25, 0.3) is 0 Å². The van der Waals surface area contributed by atoms with Crippen molar-refractivity contribution in [3.8, 4) is 5.88 Å². The van der Waals surface area contributed by atoms with Crippen LogP contribution in [0.1, 0.15) is 5.69 Å². The normalized spacial score (nSPS) is 11.6. The van der Waals surface area contributed by atoms with Crippen LogP contribution >= 0.6 is 0 Å². The Bertz CT molecular complexity index is 432. The van der Waals surface area contributed by atoms with Crippen molar-refractivity contribution in [3.63, 3.8) is 0 Å². The third-order valence-electron chi connectivity index (χ3n) is 2.12. The molecular formula is C11H17F3N4O3. The quantitative estimate of drug-likeness (QED) is 0.638. The largest absolute Gasteiger partial charge is 0.475 e. The van der Waals surface area contributed by atoms with E-state index in [-0.39, 0.29) is 19.1 Å². The Morgan fingerprint density at radius 1 is 1.00 bits per heavy atom. The lowest BCUT2D eigenvalue weighted by atomic mass is 10.4. The highest BCUT2D eigenvalue weighted by molar-refractivity contribution is 5.27. The van der Waals surface area contributed by atoms with Gasteiger partial charge in [-0.25, -0.2) is 4.98 Å². The van der Waals surface area contributed by atoms with Gasteiger partial charge >= 0.3 is 6.18 Å².